The van der Waals surface area contributed by atoms with Crippen LogP contribution in [-0.2, 0) is 6.54 Å². The summed E-state index contributed by atoms with van der Waals surface area (Å²) < 4.78 is 26.1. The van der Waals surface area contributed by atoms with Gasteiger partial charge in [-0.3, -0.25) is 0 Å². The number of nitrogens with two attached hydrogens (primary N) is 1. The lowest BCUT2D eigenvalue weighted by molar-refractivity contribution is 0.574. The molecule has 2 rings (SSSR count). The van der Waals surface area contributed by atoms with Crippen molar-refractivity contribution in [3.63, 3.8) is 0 Å². The normalized spacial score (nSPS) is 10.4. The molecule has 0 aliphatic carbocycles. The summed E-state index contributed by atoms with van der Waals surface area (Å²) >= 11 is 5.83. The van der Waals surface area contributed by atoms with Crippen molar-refractivity contribution < 1.29 is 8.78 Å². The average Bonchev–Trinajstić information content (AvgIpc) is 2.32. The van der Waals surface area contributed by atoms with E-state index < -0.39 is 11.6 Å². The molecule has 3 N–H and O–H groups in total. The number of nitrogens with zero attached hydrogens (tertiary/aromatic N) is 2. The van der Waals surface area contributed by atoms with E-state index in [4.69, 9.17) is 17.3 Å². The van der Waals surface area contributed by atoms with Gasteiger partial charge < -0.3 is 11.1 Å². The summed E-state index contributed by atoms with van der Waals surface area (Å²) in [5, 5.41) is 3.07. The molecule has 0 atom stereocenters. The largest absolute Gasteiger partial charge is 0.368 e. The fourth-order valence-corrected chi connectivity index (χ4v) is 1.51. The molecule has 0 amide bonds. The third-order valence-corrected chi connectivity index (χ3v) is 2.50. The Bertz CT molecular complexity index is 577. The number of benzene rings is 1. The van der Waals surface area contributed by atoms with Gasteiger partial charge in [-0.2, -0.15) is 4.98 Å². The monoisotopic (exact) mass is 270 g/mol. The summed E-state index contributed by atoms with van der Waals surface area (Å²) in [7, 11) is 0. The molecule has 0 radical (unpaired) electrons. The van der Waals surface area contributed by atoms with Crippen molar-refractivity contribution in [2.24, 2.45) is 0 Å². The van der Waals surface area contributed by atoms with Crippen LogP contribution in [0.2, 0.25) is 5.02 Å². The highest BCUT2D eigenvalue weighted by molar-refractivity contribution is 6.32. The third kappa shape index (κ3) is 2.84. The van der Waals surface area contributed by atoms with E-state index in [-0.39, 0.29) is 17.5 Å². The second-order valence-electron chi connectivity index (χ2n) is 3.51. The number of aromatic nitrogens is 2. The lowest BCUT2D eigenvalue weighted by atomic mass is 10.2. The van der Waals surface area contributed by atoms with Crippen LogP contribution in [-0.4, -0.2) is 9.97 Å². The minimum atomic E-state index is -0.638. The molecule has 0 saturated heterocycles. The molecule has 0 fully saturated rings. The number of nitrogens with one attached hydrogen (secondary N) is 1. The zero-order valence-electron chi connectivity index (χ0n) is 9.12. The standard InChI is InChI=1S/C11H9ClF2N4/c12-8-5-17-11(15)18-10(8)16-4-6-1-2-7(13)3-9(6)14/h1-3,5H,4H2,(H3,15,16,17,18). The van der Waals surface area contributed by atoms with Gasteiger partial charge in [0, 0.05) is 18.2 Å². The molecule has 18 heavy (non-hydrogen) atoms. The summed E-state index contributed by atoms with van der Waals surface area (Å²) in [6, 6.07) is 3.33. The van der Waals surface area contributed by atoms with Gasteiger partial charge in [0.05, 0.1) is 6.20 Å². The second-order valence-corrected chi connectivity index (χ2v) is 3.92. The van der Waals surface area contributed by atoms with Crippen molar-refractivity contribution >= 4 is 23.4 Å². The van der Waals surface area contributed by atoms with Gasteiger partial charge in [-0.25, -0.2) is 13.8 Å². The van der Waals surface area contributed by atoms with Crippen molar-refractivity contribution in [1.82, 2.24) is 9.97 Å². The Morgan fingerprint density at radius 1 is 1.33 bits per heavy atom. The highest BCUT2D eigenvalue weighted by atomic mass is 35.5. The Hall–Kier alpha value is -1.95. The van der Waals surface area contributed by atoms with E-state index in [0.717, 1.165) is 6.07 Å². The van der Waals surface area contributed by atoms with Gasteiger partial charge in [0.15, 0.2) is 5.82 Å². The van der Waals surface area contributed by atoms with E-state index in [2.05, 4.69) is 15.3 Å². The van der Waals surface area contributed by atoms with E-state index >= 15 is 0 Å². The quantitative estimate of drug-likeness (QED) is 0.900. The molecule has 1 heterocycles. The summed E-state index contributed by atoms with van der Waals surface area (Å²) in [5.74, 6) is -0.907. The fraction of sp³-hybridized carbons (Fsp3) is 0.0909. The molecule has 0 aliphatic heterocycles. The van der Waals surface area contributed by atoms with Gasteiger partial charge in [-0.1, -0.05) is 17.7 Å². The van der Waals surface area contributed by atoms with Crippen LogP contribution in [0.5, 0.6) is 0 Å². The van der Waals surface area contributed by atoms with Gasteiger partial charge in [0.2, 0.25) is 5.95 Å². The molecule has 2 aromatic rings. The minimum Gasteiger partial charge on any atom is -0.368 e. The SMILES string of the molecule is Nc1ncc(Cl)c(NCc2ccc(F)cc2F)n1. The fourth-order valence-electron chi connectivity index (χ4n) is 1.35. The Balaban J connectivity index is 2.13. The van der Waals surface area contributed by atoms with Crippen LogP contribution < -0.4 is 11.1 Å². The van der Waals surface area contributed by atoms with Crippen LogP contribution in [0.25, 0.3) is 0 Å². The van der Waals surface area contributed by atoms with Crippen molar-refractivity contribution in [3.05, 3.63) is 46.6 Å². The predicted molar refractivity (Wildman–Crippen MR) is 65.1 cm³/mol. The highest BCUT2D eigenvalue weighted by Gasteiger charge is 2.06. The van der Waals surface area contributed by atoms with E-state index in [1.807, 2.05) is 0 Å². The lowest BCUT2D eigenvalue weighted by Gasteiger charge is -2.08. The Morgan fingerprint density at radius 3 is 2.83 bits per heavy atom. The third-order valence-electron chi connectivity index (χ3n) is 2.22. The van der Waals surface area contributed by atoms with Crippen LogP contribution >= 0.6 is 11.6 Å². The maximum atomic E-state index is 13.4. The molecule has 0 saturated carbocycles. The zero-order chi connectivity index (χ0) is 13.1. The lowest BCUT2D eigenvalue weighted by Crippen LogP contribution is -2.06. The van der Waals surface area contributed by atoms with Crippen molar-refractivity contribution in [2.75, 3.05) is 11.1 Å². The molecule has 94 valence electrons. The first-order valence-corrected chi connectivity index (χ1v) is 5.40. The molecule has 7 heteroatoms. The molecule has 1 aromatic heterocycles. The van der Waals surface area contributed by atoms with Gasteiger partial charge in [-0.05, 0) is 6.07 Å². The summed E-state index contributed by atoms with van der Waals surface area (Å²) in [4.78, 5) is 7.56. The molecular formula is C11H9ClF2N4. The predicted octanol–water partition coefficient (Wildman–Crippen LogP) is 2.60. The molecule has 0 spiro atoms. The van der Waals surface area contributed by atoms with Crippen LogP contribution in [0.4, 0.5) is 20.5 Å². The number of halogens is 3. The Morgan fingerprint density at radius 2 is 2.11 bits per heavy atom. The minimum absolute atomic E-state index is 0.0569. The number of rotatable bonds is 3. The maximum Gasteiger partial charge on any atom is 0.222 e. The van der Waals surface area contributed by atoms with Crippen molar-refractivity contribution in [1.29, 1.82) is 0 Å². The Labute approximate surface area is 107 Å². The van der Waals surface area contributed by atoms with Gasteiger partial charge in [-0.15, -0.1) is 0 Å². The maximum absolute atomic E-state index is 13.4. The second kappa shape index (κ2) is 5.14. The van der Waals surface area contributed by atoms with E-state index in [1.165, 1.54) is 18.3 Å². The topological polar surface area (TPSA) is 63.8 Å². The van der Waals surface area contributed by atoms with Crippen molar-refractivity contribution in [3.8, 4) is 0 Å². The van der Waals surface area contributed by atoms with E-state index in [1.54, 1.807) is 0 Å². The van der Waals surface area contributed by atoms with E-state index in [0.29, 0.717) is 11.4 Å². The van der Waals surface area contributed by atoms with E-state index in [9.17, 15) is 8.78 Å². The van der Waals surface area contributed by atoms with Gasteiger partial charge >= 0.3 is 0 Å². The molecule has 1 aromatic carbocycles. The molecule has 0 unspecified atom stereocenters. The number of anilines is 2. The molecule has 0 aliphatic rings. The van der Waals surface area contributed by atoms with Crippen LogP contribution in [0.15, 0.2) is 24.4 Å². The molecule has 4 nitrogen and oxygen atoms in total. The summed E-state index contributed by atoms with van der Waals surface area (Å²) in [6.45, 7) is 0.113. The first-order chi connectivity index (χ1) is 8.56. The van der Waals surface area contributed by atoms with Gasteiger partial charge in [0.1, 0.15) is 16.7 Å². The Kier molecular flexibility index (Phi) is 3.57. The molecule has 0 bridgehead atoms. The molecular weight excluding hydrogens is 262 g/mol. The van der Waals surface area contributed by atoms with Crippen molar-refractivity contribution in [2.45, 2.75) is 6.54 Å². The smallest absolute Gasteiger partial charge is 0.222 e. The summed E-state index contributed by atoms with van der Waals surface area (Å²) in [5.41, 5.74) is 5.70. The number of hydrogen-bond donors (Lipinski definition) is 2. The van der Waals surface area contributed by atoms with Crippen LogP contribution in [0.3, 0.4) is 0 Å². The first kappa shape index (κ1) is 12.5. The van der Waals surface area contributed by atoms with Gasteiger partial charge in [0.25, 0.3) is 0 Å². The van der Waals surface area contributed by atoms with Crippen LogP contribution in [0, 0.1) is 11.6 Å². The van der Waals surface area contributed by atoms with Crippen LogP contribution in [0.1, 0.15) is 5.56 Å². The number of hydrogen-bond acceptors (Lipinski definition) is 4. The summed E-state index contributed by atoms with van der Waals surface area (Å²) in [6.07, 6.45) is 1.34. The average molecular weight is 271 g/mol. The zero-order valence-corrected chi connectivity index (χ0v) is 9.88. The number of nitrogen functional groups attached to an aromatic ring is 1. The highest BCUT2D eigenvalue weighted by Crippen LogP contribution is 2.19. The first-order valence-electron chi connectivity index (χ1n) is 5.02.